The Bertz CT molecular complexity index is 488. The van der Waals surface area contributed by atoms with Crippen LogP contribution in [0, 0.1) is 0 Å². The van der Waals surface area contributed by atoms with Gasteiger partial charge in [-0.3, -0.25) is 0 Å². The Morgan fingerprint density at radius 3 is 2.60 bits per heavy atom. The maximum atomic E-state index is 10.7. The second-order valence-electron chi connectivity index (χ2n) is 4.56. The van der Waals surface area contributed by atoms with Crippen LogP contribution in [0.4, 0.5) is 0 Å². The van der Waals surface area contributed by atoms with E-state index in [9.17, 15) is 8.42 Å². The van der Waals surface area contributed by atoms with Crippen molar-refractivity contribution in [3.05, 3.63) is 29.8 Å². The lowest BCUT2D eigenvalue weighted by Crippen LogP contribution is -1.98. The number of hydrogen-bond acceptors (Lipinski definition) is 4. The normalized spacial score (nSPS) is 11.5. The van der Waals surface area contributed by atoms with Gasteiger partial charge in [-0.25, -0.2) is 8.42 Å². The topological polar surface area (TPSA) is 52.6 Å². The number of benzene rings is 1. The van der Waals surface area contributed by atoms with Crippen LogP contribution in [0.1, 0.15) is 31.2 Å². The average Bonchev–Trinajstić information content (AvgIpc) is 2.41. The highest BCUT2D eigenvalue weighted by atomic mass is 35.7. The van der Waals surface area contributed by atoms with E-state index in [1.54, 1.807) is 7.11 Å². The molecule has 0 aromatic heterocycles. The fourth-order valence-electron chi connectivity index (χ4n) is 1.78. The van der Waals surface area contributed by atoms with Crippen LogP contribution in [-0.2, 0) is 20.4 Å². The molecule has 0 unspecified atom stereocenters. The summed E-state index contributed by atoms with van der Waals surface area (Å²) in [7, 11) is 3.43. The fraction of sp³-hybridized carbons (Fsp3) is 0.571. The summed E-state index contributed by atoms with van der Waals surface area (Å²) in [4.78, 5) is 0. The van der Waals surface area contributed by atoms with Crippen LogP contribution in [0.3, 0.4) is 0 Å². The zero-order valence-corrected chi connectivity index (χ0v) is 13.3. The third kappa shape index (κ3) is 8.40. The highest BCUT2D eigenvalue weighted by molar-refractivity contribution is 8.13. The monoisotopic (exact) mass is 320 g/mol. The second kappa shape index (κ2) is 9.21. The molecule has 114 valence electrons. The molecular formula is C14H21ClO4S. The van der Waals surface area contributed by atoms with Crippen molar-refractivity contribution in [1.29, 1.82) is 0 Å². The summed E-state index contributed by atoms with van der Waals surface area (Å²) in [6.45, 7) is 1.23. The standard InChI is InChI=1S/C14H21ClO4S/c1-18-14-8-6-7-13(11-14)12-19-9-4-2-3-5-10-20(15,16)17/h6-8,11H,2-5,9-10,12H2,1H3. The van der Waals surface area contributed by atoms with Crippen molar-refractivity contribution in [3.63, 3.8) is 0 Å². The predicted octanol–water partition coefficient (Wildman–Crippen LogP) is 3.34. The van der Waals surface area contributed by atoms with Crippen molar-refractivity contribution >= 4 is 19.7 Å². The van der Waals surface area contributed by atoms with E-state index in [-0.39, 0.29) is 5.75 Å². The summed E-state index contributed by atoms with van der Waals surface area (Å²) < 4.78 is 32.1. The largest absolute Gasteiger partial charge is 0.497 e. The van der Waals surface area contributed by atoms with Crippen LogP contribution in [0.5, 0.6) is 5.75 Å². The Balaban J connectivity index is 2.04. The molecule has 6 heteroatoms. The smallest absolute Gasteiger partial charge is 0.232 e. The first-order valence-corrected chi connectivity index (χ1v) is 9.12. The summed E-state index contributed by atoms with van der Waals surface area (Å²) in [6, 6.07) is 7.78. The molecule has 0 aliphatic carbocycles. The van der Waals surface area contributed by atoms with E-state index in [1.807, 2.05) is 24.3 Å². The Hall–Kier alpha value is -0.780. The molecule has 4 nitrogen and oxygen atoms in total. The van der Waals surface area contributed by atoms with E-state index in [0.717, 1.165) is 30.6 Å². The maximum absolute atomic E-state index is 10.7. The summed E-state index contributed by atoms with van der Waals surface area (Å²) >= 11 is 0. The molecule has 0 atom stereocenters. The molecule has 0 radical (unpaired) electrons. The lowest BCUT2D eigenvalue weighted by Gasteiger charge is -2.06. The highest BCUT2D eigenvalue weighted by Crippen LogP contribution is 2.13. The first-order chi connectivity index (χ1) is 9.51. The van der Waals surface area contributed by atoms with Crippen LogP contribution in [0.15, 0.2) is 24.3 Å². The maximum Gasteiger partial charge on any atom is 0.232 e. The summed E-state index contributed by atoms with van der Waals surface area (Å²) in [5, 5.41) is 0. The molecule has 20 heavy (non-hydrogen) atoms. The predicted molar refractivity (Wildman–Crippen MR) is 80.8 cm³/mol. The van der Waals surface area contributed by atoms with Crippen LogP contribution in [-0.4, -0.2) is 27.9 Å². The number of rotatable bonds is 10. The van der Waals surface area contributed by atoms with Gasteiger partial charge in [0.2, 0.25) is 9.05 Å². The first kappa shape index (κ1) is 17.3. The van der Waals surface area contributed by atoms with Crippen molar-refractivity contribution in [2.24, 2.45) is 0 Å². The molecule has 0 heterocycles. The quantitative estimate of drug-likeness (QED) is 0.490. The SMILES string of the molecule is COc1cccc(COCCCCCCS(=O)(=O)Cl)c1. The van der Waals surface area contributed by atoms with Gasteiger partial charge >= 0.3 is 0 Å². The van der Waals surface area contributed by atoms with Crippen molar-refractivity contribution in [3.8, 4) is 5.75 Å². The zero-order valence-electron chi connectivity index (χ0n) is 11.7. The summed E-state index contributed by atoms with van der Waals surface area (Å²) in [5.41, 5.74) is 1.08. The minimum absolute atomic E-state index is 0.0548. The lowest BCUT2D eigenvalue weighted by molar-refractivity contribution is 0.116. The molecule has 0 saturated heterocycles. The van der Waals surface area contributed by atoms with Gasteiger partial charge < -0.3 is 9.47 Å². The molecule has 0 aliphatic heterocycles. The first-order valence-electron chi connectivity index (χ1n) is 6.64. The molecule has 0 amide bonds. The molecule has 0 saturated carbocycles. The number of hydrogen-bond donors (Lipinski definition) is 0. The van der Waals surface area contributed by atoms with E-state index in [4.69, 9.17) is 20.2 Å². The van der Waals surface area contributed by atoms with Gasteiger partial charge in [-0.15, -0.1) is 0 Å². The van der Waals surface area contributed by atoms with Gasteiger partial charge in [-0.05, 0) is 30.5 Å². The van der Waals surface area contributed by atoms with Gasteiger partial charge in [-0.2, -0.15) is 0 Å². The van der Waals surface area contributed by atoms with Gasteiger partial charge in [0.05, 0.1) is 19.5 Å². The van der Waals surface area contributed by atoms with Crippen molar-refractivity contribution in [1.82, 2.24) is 0 Å². The minimum atomic E-state index is -3.34. The third-order valence-electron chi connectivity index (χ3n) is 2.83. The van der Waals surface area contributed by atoms with Crippen molar-refractivity contribution in [2.75, 3.05) is 19.5 Å². The number of unbranched alkanes of at least 4 members (excludes halogenated alkanes) is 3. The number of ether oxygens (including phenoxy) is 2. The molecule has 1 rings (SSSR count). The molecule has 0 bridgehead atoms. The Kier molecular flexibility index (Phi) is 7.95. The van der Waals surface area contributed by atoms with Gasteiger partial charge in [0.1, 0.15) is 5.75 Å². The van der Waals surface area contributed by atoms with Gasteiger partial charge in [0.15, 0.2) is 0 Å². The molecule has 0 fully saturated rings. The van der Waals surface area contributed by atoms with Crippen molar-refractivity contribution in [2.45, 2.75) is 32.3 Å². The Labute approximate surface area is 125 Å². The van der Waals surface area contributed by atoms with E-state index in [0.29, 0.717) is 19.6 Å². The molecule has 1 aromatic rings. The molecular weight excluding hydrogens is 300 g/mol. The average molecular weight is 321 g/mol. The van der Waals surface area contributed by atoms with Gasteiger partial charge in [0, 0.05) is 17.3 Å². The number of methoxy groups -OCH3 is 1. The molecule has 0 N–H and O–H groups in total. The van der Waals surface area contributed by atoms with E-state index in [1.165, 1.54) is 0 Å². The van der Waals surface area contributed by atoms with E-state index >= 15 is 0 Å². The Morgan fingerprint density at radius 1 is 1.15 bits per heavy atom. The van der Waals surface area contributed by atoms with E-state index in [2.05, 4.69) is 0 Å². The molecule has 0 aliphatic rings. The summed E-state index contributed by atoms with van der Waals surface area (Å²) in [5.74, 6) is 0.882. The fourth-order valence-corrected chi connectivity index (χ4v) is 2.66. The minimum Gasteiger partial charge on any atom is -0.497 e. The van der Waals surface area contributed by atoms with E-state index < -0.39 is 9.05 Å². The molecule has 0 spiro atoms. The van der Waals surface area contributed by atoms with Crippen molar-refractivity contribution < 1.29 is 17.9 Å². The van der Waals surface area contributed by atoms with Crippen LogP contribution >= 0.6 is 10.7 Å². The van der Waals surface area contributed by atoms with Gasteiger partial charge in [-0.1, -0.05) is 25.0 Å². The second-order valence-corrected chi connectivity index (χ2v) is 7.46. The number of halogens is 1. The Morgan fingerprint density at radius 2 is 1.90 bits per heavy atom. The van der Waals surface area contributed by atoms with Gasteiger partial charge in [0.25, 0.3) is 0 Å². The van der Waals surface area contributed by atoms with Crippen LogP contribution in [0.2, 0.25) is 0 Å². The van der Waals surface area contributed by atoms with Crippen LogP contribution < -0.4 is 4.74 Å². The highest BCUT2D eigenvalue weighted by Gasteiger charge is 2.03. The lowest BCUT2D eigenvalue weighted by atomic mass is 10.2. The third-order valence-corrected chi connectivity index (χ3v) is 4.07. The zero-order chi connectivity index (χ0) is 14.8. The summed E-state index contributed by atoms with van der Waals surface area (Å²) in [6.07, 6.45) is 3.34. The van der Waals surface area contributed by atoms with Crippen LogP contribution in [0.25, 0.3) is 0 Å². The molecule has 1 aromatic carbocycles.